The molecule has 0 saturated carbocycles. The Morgan fingerprint density at radius 2 is 2.42 bits per heavy atom. The Balaban J connectivity index is 1.95. The fourth-order valence-electron chi connectivity index (χ4n) is 2.57. The Morgan fingerprint density at radius 1 is 1.58 bits per heavy atom. The molecule has 1 fully saturated rings. The largest absolute Gasteiger partial charge is 0.497 e. The summed E-state index contributed by atoms with van der Waals surface area (Å²) in [7, 11) is 1.62. The maximum absolute atomic E-state index is 10.8. The van der Waals surface area contributed by atoms with E-state index in [0.717, 1.165) is 43.5 Å². The molecule has 1 aromatic carbocycles. The number of hydrogen-bond acceptors (Lipinski definition) is 4. The summed E-state index contributed by atoms with van der Waals surface area (Å²) in [6.45, 7) is 2.27. The Hall–Kier alpha value is -1.39. The van der Waals surface area contributed by atoms with Gasteiger partial charge in [-0.05, 0) is 37.1 Å². The van der Waals surface area contributed by atoms with Gasteiger partial charge < -0.3 is 14.6 Å². The standard InChI is InChI=1S/C15H21NO3/c1-19-14-6-2-5-13(8-14)15(18)10-16-7-3-4-12(9-16)11-17/h2,5-6,8,11-12,15,18H,3-4,7,9-10H2,1H3. The number of rotatable bonds is 5. The molecule has 1 aliphatic rings. The third kappa shape index (κ3) is 3.78. The molecule has 19 heavy (non-hydrogen) atoms. The van der Waals surface area contributed by atoms with Crippen LogP contribution in [0.5, 0.6) is 5.75 Å². The van der Waals surface area contributed by atoms with Gasteiger partial charge in [0.1, 0.15) is 12.0 Å². The average Bonchev–Trinajstić information content (AvgIpc) is 2.47. The van der Waals surface area contributed by atoms with Crippen LogP contribution in [-0.2, 0) is 4.79 Å². The normalized spacial score (nSPS) is 21.9. The number of hydrogen-bond donors (Lipinski definition) is 1. The average molecular weight is 263 g/mol. The lowest BCUT2D eigenvalue weighted by atomic mass is 9.99. The molecule has 1 aliphatic heterocycles. The lowest BCUT2D eigenvalue weighted by molar-refractivity contribution is -0.112. The highest BCUT2D eigenvalue weighted by atomic mass is 16.5. The van der Waals surface area contributed by atoms with Gasteiger partial charge in [0.2, 0.25) is 0 Å². The summed E-state index contributed by atoms with van der Waals surface area (Å²) >= 11 is 0. The molecule has 0 aliphatic carbocycles. The number of aldehydes is 1. The number of aliphatic hydroxyl groups excluding tert-OH is 1. The van der Waals surface area contributed by atoms with Crippen LogP contribution < -0.4 is 4.74 Å². The first-order valence-electron chi connectivity index (χ1n) is 6.72. The Kier molecular flexibility index (Phi) is 4.93. The van der Waals surface area contributed by atoms with Crippen LogP contribution in [0.2, 0.25) is 0 Å². The highest BCUT2D eigenvalue weighted by Gasteiger charge is 2.21. The van der Waals surface area contributed by atoms with Gasteiger partial charge in [-0.25, -0.2) is 0 Å². The van der Waals surface area contributed by atoms with Crippen molar-refractivity contribution in [2.24, 2.45) is 5.92 Å². The molecule has 1 heterocycles. The molecule has 1 N–H and O–H groups in total. The third-order valence-electron chi connectivity index (χ3n) is 3.64. The van der Waals surface area contributed by atoms with E-state index in [0.29, 0.717) is 6.54 Å². The second-order valence-electron chi connectivity index (χ2n) is 5.09. The van der Waals surface area contributed by atoms with E-state index in [1.807, 2.05) is 24.3 Å². The number of methoxy groups -OCH3 is 1. The molecule has 2 atom stereocenters. The van der Waals surface area contributed by atoms with E-state index in [-0.39, 0.29) is 5.92 Å². The van der Waals surface area contributed by atoms with Crippen LogP contribution in [0.3, 0.4) is 0 Å². The van der Waals surface area contributed by atoms with Crippen LogP contribution in [0.25, 0.3) is 0 Å². The summed E-state index contributed by atoms with van der Waals surface area (Å²) in [5.74, 6) is 0.868. The highest BCUT2D eigenvalue weighted by molar-refractivity contribution is 5.53. The minimum atomic E-state index is -0.541. The Morgan fingerprint density at radius 3 is 3.16 bits per heavy atom. The van der Waals surface area contributed by atoms with Crippen molar-refractivity contribution in [3.8, 4) is 5.75 Å². The molecular weight excluding hydrogens is 242 g/mol. The molecule has 0 aromatic heterocycles. The maximum Gasteiger partial charge on any atom is 0.124 e. The second kappa shape index (κ2) is 6.68. The molecular formula is C15H21NO3. The molecule has 1 saturated heterocycles. The van der Waals surface area contributed by atoms with Gasteiger partial charge in [-0.15, -0.1) is 0 Å². The molecule has 1 aromatic rings. The number of benzene rings is 1. The smallest absolute Gasteiger partial charge is 0.124 e. The van der Waals surface area contributed by atoms with Gasteiger partial charge in [0.05, 0.1) is 13.2 Å². The Labute approximate surface area is 114 Å². The van der Waals surface area contributed by atoms with Crippen molar-refractivity contribution in [2.75, 3.05) is 26.7 Å². The van der Waals surface area contributed by atoms with E-state index in [1.54, 1.807) is 7.11 Å². The van der Waals surface area contributed by atoms with Crippen molar-refractivity contribution < 1.29 is 14.6 Å². The summed E-state index contributed by atoms with van der Waals surface area (Å²) in [4.78, 5) is 13.0. The summed E-state index contributed by atoms with van der Waals surface area (Å²) < 4.78 is 5.16. The first-order chi connectivity index (χ1) is 9.22. The predicted octanol–water partition coefficient (Wildman–Crippen LogP) is 1.64. The van der Waals surface area contributed by atoms with Crippen molar-refractivity contribution in [2.45, 2.75) is 18.9 Å². The molecule has 104 valence electrons. The number of β-amino-alcohol motifs (C(OH)–C–C–N with tert-alkyl or cyclic N) is 1. The summed E-state index contributed by atoms with van der Waals surface area (Å²) in [6, 6.07) is 7.49. The monoisotopic (exact) mass is 263 g/mol. The summed E-state index contributed by atoms with van der Waals surface area (Å²) in [5.41, 5.74) is 0.854. The molecule has 2 unspecified atom stereocenters. The van der Waals surface area contributed by atoms with Gasteiger partial charge in [0.15, 0.2) is 0 Å². The van der Waals surface area contributed by atoms with Crippen LogP contribution in [0.15, 0.2) is 24.3 Å². The van der Waals surface area contributed by atoms with Gasteiger partial charge in [-0.1, -0.05) is 12.1 Å². The van der Waals surface area contributed by atoms with Gasteiger partial charge in [-0.3, -0.25) is 4.90 Å². The van der Waals surface area contributed by atoms with E-state index in [2.05, 4.69) is 4.90 Å². The number of aliphatic hydroxyl groups is 1. The SMILES string of the molecule is COc1cccc(C(O)CN2CCCC(C=O)C2)c1. The zero-order chi connectivity index (χ0) is 13.7. The number of nitrogens with zero attached hydrogens (tertiary/aromatic N) is 1. The van der Waals surface area contributed by atoms with Gasteiger partial charge in [-0.2, -0.15) is 0 Å². The molecule has 0 radical (unpaired) electrons. The summed E-state index contributed by atoms with van der Waals surface area (Å²) in [6.07, 6.45) is 2.48. The topological polar surface area (TPSA) is 49.8 Å². The van der Waals surface area contributed by atoms with Crippen molar-refractivity contribution in [3.63, 3.8) is 0 Å². The lowest BCUT2D eigenvalue weighted by Crippen LogP contribution is -2.38. The Bertz CT molecular complexity index is 422. The van der Waals surface area contributed by atoms with E-state index in [4.69, 9.17) is 4.74 Å². The number of piperidine rings is 1. The molecule has 2 rings (SSSR count). The number of carbonyl (C=O) groups is 1. The molecule has 0 amide bonds. The third-order valence-corrected chi connectivity index (χ3v) is 3.64. The van der Waals surface area contributed by atoms with E-state index < -0.39 is 6.10 Å². The van der Waals surface area contributed by atoms with Crippen LogP contribution in [-0.4, -0.2) is 43.0 Å². The van der Waals surface area contributed by atoms with Crippen LogP contribution in [0.4, 0.5) is 0 Å². The van der Waals surface area contributed by atoms with Gasteiger partial charge in [0.25, 0.3) is 0 Å². The van der Waals surface area contributed by atoms with Crippen molar-refractivity contribution in [3.05, 3.63) is 29.8 Å². The minimum Gasteiger partial charge on any atom is -0.497 e. The first kappa shape index (κ1) is 14.0. The second-order valence-corrected chi connectivity index (χ2v) is 5.09. The van der Waals surface area contributed by atoms with Crippen molar-refractivity contribution >= 4 is 6.29 Å². The van der Waals surface area contributed by atoms with Gasteiger partial charge in [0, 0.05) is 19.0 Å². The fraction of sp³-hybridized carbons (Fsp3) is 0.533. The minimum absolute atomic E-state index is 0.117. The quantitative estimate of drug-likeness (QED) is 0.821. The fourth-order valence-corrected chi connectivity index (χ4v) is 2.57. The molecule has 0 spiro atoms. The highest BCUT2D eigenvalue weighted by Crippen LogP contribution is 2.22. The zero-order valence-electron chi connectivity index (χ0n) is 11.3. The number of ether oxygens (including phenoxy) is 1. The predicted molar refractivity (Wildman–Crippen MR) is 73.2 cm³/mol. The number of likely N-dealkylation sites (tertiary alicyclic amines) is 1. The molecule has 4 heteroatoms. The number of carbonyl (C=O) groups excluding carboxylic acids is 1. The van der Waals surface area contributed by atoms with Crippen molar-refractivity contribution in [1.29, 1.82) is 0 Å². The summed E-state index contributed by atoms with van der Waals surface area (Å²) in [5, 5.41) is 10.3. The molecule has 4 nitrogen and oxygen atoms in total. The van der Waals surface area contributed by atoms with E-state index in [9.17, 15) is 9.90 Å². The van der Waals surface area contributed by atoms with Crippen LogP contribution in [0, 0.1) is 5.92 Å². The van der Waals surface area contributed by atoms with Gasteiger partial charge >= 0.3 is 0 Å². The van der Waals surface area contributed by atoms with E-state index in [1.165, 1.54) is 0 Å². The lowest BCUT2D eigenvalue weighted by Gasteiger charge is -2.31. The van der Waals surface area contributed by atoms with Crippen LogP contribution >= 0.6 is 0 Å². The zero-order valence-corrected chi connectivity index (χ0v) is 11.3. The van der Waals surface area contributed by atoms with Crippen molar-refractivity contribution in [1.82, 2.24) is 4.90 Å². The van der Waals surface area contributed by atoms with Crippen LogP contribution in [0.1, 0.15) is 24.5 Å². The maximum atomic E-state index is 10.8. The molecule has 0 bridgehead atoms. The van der Waals surface area contributed by atoms with E-state index >= 15 is 0 Å². The first-order valence-corrected chi connectivity index (χ1v) is 6.72.